The van der Waals surface area contributed by atoms with Crippen LogP contribution in [0.3, 0.4) is 0 Å². The molecule has 2 N–H and O–H groups in total. The van der Waals surface area contributed by atoms with E-state index in [2.05, 4.69) is 27.4 Å². The number of aromatic amines is 1. The smallest absolute Gasteiger partial charge is 0.274 e. The molecule has 2 unspecified atom stereocenters. The number of halogens is 1. The zero-order valence-corrected chi connectivity index (χ0v) is 16.6. The van der Waals surface area contributed by atoms with Gasteiger partial charge in [-0.1, -0.05) is 31.5 Å². The van der Waals surface area contributed by atoms with Gasteiger partial charge in [-0.05, 0) is 37.5 Å². The van der Waals surface area contributed by atoms with Gasteiger partial charge < -0.3 is 14.8 Å². The molecule has 0 bridgehead atoms. The molecule has 3 rings (SSSR count). The van der Waals surface area contributed by atoms with E-state index in [-0.39, 0.29) is 30.0 Å². The summed E-state index contributed by atoms with van der Waals surface area (Å²) in [4.78, 5) is 20.2. The van der Waals surface area contributed by atoms with Gasteiger partial charge in [0.05, 0.1) is 5.83 Å². The molecule has 0 saturated heterocycles. The van der Waals surface area contributed by atoms with Crippen LogP contribution in [0.2, 0.25) is 0 Å². The topological polar surface area (TPSA) is 83.8 Å². The van der Waals surface area contributed by atoms with E-state index >= 15 is 0 Å². The highest BCUT2D eigenvalue weighted by Gasteiger charge is 2.23. The summed E-state index contributed by atoms with van der Waals surface area (Å²) < 4.78 is 19.0. The Morgan fingerprint density at radius 2 is 2.29 bits per heavy atom. The number of rotatable bonds is 7. The van der Waals surface area contributed by atoms with Crippen LogP contribution < -0.4 is 5.32 Å². The Morgan fingerprint density at radius 3 is 3.00 bits per heavy atom. The van der Waals surface area contributed by atoms with Gasteiger partial charge in [-0.25, -0.2) is 4.39 Å². The van der Waals surface area contributed by atoms with Gasteiger partial charge in [-0.2, -0.15) is 4.98 Å². The predicted molar refractivity (Wildman–Crippen MR) is 105 cm³/mol. The number of allylic oxidation sites excluding steroid dienone is 4. The maximum absolute atomic E-state index is 13.6. The third-order valence-electron chi connectivity index (χ3n) is 4.93. The molecule has 2 aromatic heterocycles. The molecule has 0 aromatic carbocycles. The quantitative estimate of drug-likeness (QED) is 0.707. The van der Waals surface area contributed by atoms with Crippen molar-refractivity contribution >= 4 is 5.91 Å². The molecule has 0 spiro atoms. The highest BCUT2D eigenvalue weighted by Crippen LogP contribution is 2.27. The second kappa shape index (κ2) is 8.99. The van der Waals surface area contributed by atoms with Crippen LogP contribution in [0.1, 0.15) is 63.3 Å². The third-order valence-corrected chi connectivity index (χ3v) is 4.93. The molecule has 2 heterocycles. The van der Waals surface area contributed by atoms with Crippen molar-refractivity contribution in [1.82, 2.24) is 20.4 Å². The minimum Gasteiger partial charge on any atom is -0.357 e. The molecule has 6 nitrogen and oxygen atoms in total. The number of aromatic nitrogens is 3. The van der Waals surface area contributed by atoms with Gasteiger partial charge in [0.15, 0.2) is 5.82 Å². The number of amides is 1. The lowest BCUT2D eigenvalue weighted by Crippen LogP contribution is -2.27. The first kappa shape index (κ1) is 20.0. The maximum atomic E-state index is 13.6. The Labute approximate surface area is 164 Å². The third kappa shape index (κ3) is 4.97. The monoisotopic (exact) mass is 386 g/mol. The van der Waals surface area contributed by atoms with E-state index in [0.29, 0.717) is 24.6 Å². The lowest BCUT2D eigenvalue weighted by Gasteiger charge is -2.17. The standard InChI is InChI=1S/C21H27FN4O2/c1-4-6-15(20-25-21(28-26-20)18-9-13(2)12-23-18)11-19(27)24-17-8-5-7-16(22)10-14(17)3/h7-9,12,14-15,23H,4-6,10-11H2,1-3H3,(H,24,27). The Hall–Kier alpha value is -2.70. The first-order chi connectivity index (χ1) is 13.5. The average Bonchev–Trinajstić information content (AvgIpc) is 3.26. The summed E-state index contributed by atoms with van der Waals surface area (Å²) in [5.41, 5.74) is 2.62. The lowest BCUT2D eigenvalue weighted by atomic mass is 9.97. The van der Waals surface area contributed by atoms with Crippen molar-refractivity contribution in [2.75, 3.05) is 0 Å². The van der Waals surface area contributed by atoms with Crippen molar-refractivity contribution in [2.45, 2.75) is 58.8 Å². The normalized spacial score (nSPS) is 18.2. The number of carbonyl (C=O) groups excluding carboxylic acids is 1. The number of aryl methyl sites for hydroxylation is 1. The van der Waals surface area contributed by atoms with Crippen LogP contribution in [0.5, 0.6) is 0 Å². The summed E-state index contributed by atoms with van der Waals surface area (Å²) in [7, 11) is 0. The van der Waals surface area contributed by atoms with E-state index in [0.717, 1.165) is 29.8 Å². The molecule has 7 heteroatoms. The predicted octanol–water partition coefficient (Wildman–Crippen LogP) is 4.93. The minimum absolute atomic E-state index is 0.0554. The Balaban J connectivity index is 1.67. The van der Waals surface area contributed by atoms with Crippen molar-refractivity contribution in [2.24, 2.45) is 5.92 Å². The summed E-state index contributed by atoms with van der Waals surface area (Å²) in [6.45, 7) is 5.95. The van der Waals surface area contributed by atoms with Crippen LogP contribution >= 0.6 is 0 Å². The second-order valence-electron chi connectivity index (χ2n) is 7.44. The first-order valence-electron chi connectivity index (χ1n) is 9.79. The van der Waals surface area contributed by atoms with Gasteiger partial charge in [-0.3, -0.25) is 4.79 Å². The second-order valence-corrected chi connectivity index (χ2v) is 7.44. The van der Waals surface area contributed by atoms with Gasteiger partial charge in [-0.15, -0.1) is 0 Å². The fourth-order valence-electron chi connectivity index (χ4n) is 3.42. The molecule has 1 aliphatic rings. The van der Waals surface area contributed by atoms with Crippen LogP contribution in [-0.2, 0) is 4.79 Å². The molecule has 150 valence electrons. The summed E-state index contributed by atoms with van der Waals surface area (Å²) >= 11 is 0. The molecule has 0 aliphatic heterocycles. The molecule has 0 fully saturated rings. The molecule has 2 aromatic rings. The van der Waals surface area contributed by atoms with Crippen LogP contribution in [0.15, 0.2) is 40.5 Å². The molecular formula is C21H27FN4O2. The van der Waals surface area contributed by atoms with Crippen LogP contribution in [0, 0.1) is 12.8 Å². The molecule has 0 saturated carbocycles. The number of H-pyrrole nitrogens is 1. The summed E-state index contributed by atoms with van der Waals surface area (Å²) in [5.74, 6) is 0.535. The number of hydrogen-bond acceptors (Lipinski definition) is 4. The fourth-order valence-corrected chi connectivity index (χ4v) is 3.42. The van der Waals surface area contributed by atoms with E-state index in [1.807, 2.05) is 32.2 Å². The van der Waals surface area contributed by atoms with Crippen molar-refractivity contribution in [3.8, 4) is 11.6 Å². The summed E-state index contributed by atoms with van der Waals surface area (Å²) in [6.07, 6.45) is 8.05. The highest BCUT2D eigenvalue weighted by atomic mass is 19.1. The van der Waals surface area contributed by atoms with E-state index in [4.69, 9.17) is 4.52 Å². The van der Waals surface area contributed by atoms with Crippen molar-refractivity contribution in [3.63, 3.8) is 0 Å². The first-order valence-corrected chi connectivity index (χ1v) is 9.79. The number of nitrogens with zero attached hydrogens (tertiary/aromatic N) is 2. The van der Waals surface area contributed by atoms with Gasteiger partial charge in [0.1, 0.15) is 5.69 Å². The van der Waals surface area contributed by atoms with Crippen LogP contribution in [0.4, 0.5) is 4.39 Å². The average molecular weight is 386 g/mol. The number of carbonyl (C=O) groups is 1. The zero-order valence-electron chi connectivity index (χ0n) is 16.6. The lowest BCUT2D eigenvalue weighted by molar-refractivity contribution is -0.121. The van der Waals surface area contributed by atoms with E-state index in [1.54, 1.807) is 6.08 Å². The van der Waals surface area contributed by atoms with Crippen molar-refractivity contribution in [1.29, 1.82) is 0 Å². The molecular weight excluding hydrogens is 359 g/mol. The van der Waals surface area contributed by atoms with Gasteiger partial charge >= 0.3 is 0 Å². The number of hydrogen-bond donors (Lipinski definition) is 2. The number of nitrogens with one attached hydrogen (secondary N) is 2. The van der Waals surface area contributed by atoms with Crippen molar-refractivity contribution < 1.29 is 13.7 Å². The van der Waals surface area contributed by atoms with Crippen molar-refractivity contribution in [3.05, 3.63) is 47.3 Å². The fraction of sp³-hybridized carbons (Fsp3) is 0.476. The Kier molecular flexibility index (Phi) is 6.44. The van der Waals surface area contributed by atoms with E-state index in [9.17, 15) is 9.18 Å². The van der Waals surface area contributed by atoms with Gasteiger partial charge in [0, 0.05) is 36.6 Å². The zero-order chi connectivity index (χ0) is 20.1. The highest BCUT2D eigenvalue weighted by molar-refractivity contribution is 5.78. The summed E-state index contributed by atoms with van der Waals surface area (Å²) in [6, 6.07) is 1.94. The van der Waals surface area contributed by atoms with Gasteiger partial charge in [0.2, 0.25) is 5.91 Å². The molecule has 1 amide bonds. The molecule has 0 radical (unpaired) electrons. The van der Waals surface area contributed by atoms with E-state index in [1.165, 1.54) is 0 Å². The largest absolute Gasteiger partial charge is 0.357 e. The molecule has 28 heavy (non-hydrogen) atoms. The summed E-state index contributed by atoms with van der Waals surface area (Å²) in [5, 5.41) is 7.06. The SMILES string of the molecule is CCCC(CC(=O)NC1=CCC=C(F)CC1C)c1noc(-c2cc(C)c[nH]2)n1. The Bertz CT molecular complexity index is 881. The van der Waals surface area contributed by atoms with Gasteiger partial charge in [0.25, 0.3) is 5.89 Å². The molecule has 1 aliphatic carbocycles. The minimum atomic E-state index is -0.130. The van der Waals surface area contributed by atoms with Crippen LogP contribution in [0.25, 0.3) is 11.6 Å². The Morgan fingerprint density at radius 1 is 1.46 bits per heavy atom. The van der Waals surface area contributed by atoms with E-state index < -0.39 is 0 Å². The molecule has 2 atom stereocenters. The van der Waals surface area contributed by atoms with Crippen LogP contribution in [-0.4, -0.2) is 21.0 Å². The maximum Gasteiger partial charge on any atom is 0.274 e.